The molecule has 148 valence electrons. The van der Waals surface area contributed by atoms with Crippen molar-refractivity contribution in [2.75, 3.05) is 25.3 Å². The molecule has 0 atom stereocenters. The minimum absolute atomic E-state index is 0.0997. The number of amides is 1. The van der Waals surface area contributed by atoms with E-state index >= 15 is 0 Å². The van der Waals surface area contributed by atoms with Gasteiger partial charge >= 0.3 is 0 Å². The van der Waals surface area contributed by atoms with Gasteiger partial charge in [0.25, 0.3) is 0 Å². The van der Waals surface area contributed by atoms with Gasteiger partial charge in [-0.1, -0.05) is 12.1 Å². The average molecular weight is 410 g/mol. The van der Waals surface area contributed by atoms with Crippen LogP contribution in [-0.4, -0.2) is 46.1 Å². The van der Waals surface area contributed by atoms with Crippen LogP contribution in [0.5, 0.6) is 11.5 Å². The fourth-order valence-electron chi connectivity index (χ4n) is 2.53. The third kappa shape index (κ3) is 5.03. The van der Waals surface area contributed by atoms with Crippen LogP contribution in [0.4, 0.5) is 5.69 Å². The van der Waals surface area contributed by atoms with Crippen LogP contribution >= 0.6 is 11.8 Å². The summed E-state index contributed by atoms with van der Waals surface area (Å²) in [7, 11) is 3.10. The summed E-state index contributed by atoms with van der Waals surface area (Å²) in [6.45, 7) is -0.0997. The van der Waals surface area contributed by atoms with E-state index in [0.717, 1.165) is 4.90 Å². The summed E-state index contributed by atoms with van der Waals surface area (Å²) in [5, 5.41) is 23.8. The molecule has 0 radical (unpaired) electrons. The van der Waals surface area contributed by atoms with E-state index in [1.807, 2.05) is 18.2 Å². The van der Waals surface area contributed by atoms with Crippen molar-refractivity contribution in [3.05, 3.63) is 42.5 Å². The van der Waals surface area contributed by atoms with Crippen LogP contribution in [0.1, 0.15) is 0 Å². The van der Waals surface area contributed by atoms with Gasteiger partial charge in [-0.2, -0.15) is 10.1 Å². The Balaban J connectivity index is 1.69. The van der Waals surface area contributed by atoms with Gasteiger partial charge in [-0.15, -0.1) is 22.0 Å². The van der Waals surface area contributed by atoms with Gasteiger partial charge in [0.1, 0.15) is 6.54 Å². The van der Waals surface area contributed by atoms with E-state index in [1.54, 1.807) is 38.5 Å². The molecule has 29 heavy (non-hydrogen) atoms. The number of nitrogens with zero attached hydrogens (tertiary/aromatic N) is 5. The maximum atomic E-state index is 12.4. The topological polar surface area (TPSA) is 115 Å². The standard InChI is InChI=1S/C19H18N6O3S/c1-27-15-8-7-13(11-16(15)28-2)19-22-24-25(23-19)12-18(26)21-14-5-3-4-6-17(14)29-10-9-20/h3-8,11H,10,12H2,1-2H3,(H,21,26). The molecule has 0 unspecified atom stereocenters. The first-order valence-corrected chi connectivity index (χ1v) is 9.52. The third-order valence-electron chi connectivity index (χ3n) is 3.83. The lowest BCUT2D eigenvalue weighted by molar-refractivity contribution is -0.117. The van der Waals surface area contributed by atoms with E-state index in [-0.39, 0.29) is 12.5 Å². The van der Waals surface area contributed by atoms with Crippen LogP contribution in [0, 0.1) is 11.3 Å². The Morgan fingerprint density at radius 3 is 2.76 bits per heavy atom. The number of hydrogen-bond donors (Lipinski definition) is 1. The number of benzene rings is 2. The molecule has 1 heterocycles. The van der Waals surface area contributed by atoms with Crippen LogP contribution in [0.15, 0.2) is 47.4 Å². The number of carbonyl (C=O) groups excluding carboxylic acids is 1. The number of aromatic nitrogens is 4. The molecule has 0 fully saturated rings. The second kappa shape index (κ2) is 9.57. The Hall–Kier alpha value is -3.58. The third-order valence-corrected chi connectivity index (χ3v) is 4.77. The Kier molecular flexibility index (Phi) is 6.65. The van der Waals surface area contributed by atoms with Crippen molar-refractivity contribution in [2.45, 2.75) is 11.4 Å². The van der Waals surface area contributed by atoms with Gasteiger partial charge in [0, 0.05) is 10.5 Å². The summed E-state index contributed by atoms with van der Waals surface area (Å²) in [4.78, 5) is 14.4. The number of thioether (sulfide) groups is 1. The van der Waals surface area contributed by atoms with Crippen LogP contribution < -0.4 is 14.8 Å². The van der Waals surface area contributed by atoms with E-state index in [9.17, 15) is 4.79 Å². The predicted molar refractivity (Wildman–Crippen MR) is 108 cm³/mol. The van der Waals surface area contributed by atoms with Crippen molar-refractivity contribution in [1.29, 1.82) is 5.26 Å². The monoisotopic (exact) mass is 410 g/mol. The minimum atomic E-state index is -0.300. The minimum Gasteiger partial charge on any atom is -0.493 e. The lowest BCUT2D eigenvalue weighted by atomic mass is 10.2. The summed E-state index contributed by atoms with van der Waals surface area (Å²) < 4.78 is 10.5. The van der Waals surface area contributed by atoms with Crippen molar-refractivity contribution in [3.63, 3.8) is 0 Å². The van der Waals surface area contributed by atoms with E-state index in [0.29, 0.717) is 34.3 Å². The molecule has 2 aromatic carbocycles. The second-order valence-electron chi connectivity index (χ2n) is 5.70. The lowest BCUT2D eigenvalue weighted by Gasteiger charge is -2.09. The number of tetrazole rings is 1. The molecule has 0 aliphatic heterocycles. The molecule has 1 aromatic heterocycles. The van der Waals surface area contributed by atoms with Gasteiger partial charge in [0.15, 0.2) is 11.5 Å². The molecule has 3 aromatic rings. The number of methoxy groups -OCH3 is 2. The average Bonchev–Trinajstić information content (AvgIpc) is 3.20. The molecule has 10 heteroatoms. The number of carbonyl (C=O) groups is 1. The molecule has 1 amide bonds. The highest BCUT2D eigenvalue weighted by Crippen LogP contribution is 2.30. The molecule has 0 aliphatic rings. The number of nitrogens with one attached hydrogen (secondary N) is 1. The first kappa shape index (κ1) is 20.2. The van der Waals surface area contributed by atoms with E-state index in [2.05, 4.69) is 26.8 Å². The highest BCUT2D eigenvalue weighted by atomic mass is 32.2. The highest BCUT2D eigenvalue weighted by Gasteiger charge is 2.13. The van der Waals surface area contributed by atoms with Gasteiger partial charge in [0.2, 0.25) is 11.7 Å². The van der Waals surface area contributed by atoms with Crippen LogP contribution in [0.25, 0.3) is 11.4 Å². The zero-order valence-corrected chi connectivity index (χ0v) is 16.6. The summed E-state index contributed by atoms with van der Waals surface area (Å²) in [6, 6.07) is 14.6. The van der Waals surface area contributed by atoms with Crippen molar-refractivity contribution in [1.82, 2.24) is 20.2 Å². The zero-order valence-electron chi connectivity index (χ0n) is 15.8. The van der Waals surface area contributed by atoms with Crippen molar-refractivity contribution < 1.29 is 14.3 Å². The molecule has 9 nitrogen and oxygen atoms in total. The molecule has 0 aliphatic carbocycles. The molecule has 0 bridgehead atoms. The molecular weight excluding hydrogens is 392 g/mol. The Morgan fingerprint density at radius 2 is 2.00 bits per heavy atom. The maximum absolute atomic E-state index is 12.4. The summed E-state index contributed by atoms with van der Waals surface area (Å²) in [5.74, 6) is 1.50. The Bertz CT molecular complexity index is 1050. The van der Waals surface area contributed by atoms with Gasteiger partial charge in [-0.3, -0.25) is 4.79 Å². The molecular formula is C19H18N6O3S. The summed E-state index contributed by atoms with van der Waals surface area (Å²) >= 11 is 1.35. The van der Waals surface area contributed by atoms with E-state index in [1.165, 1.54) is 16.6 Å². The SMILES string of the molecule is COc1ccc(-c2nnn(CC(=O)Nc3ccccc3SCC#N)n2)cc1OC. The fourth-order valence-corrected chi connectivity index (χ4v) is 3.19. The fraction of sp³-hybridized carbons (Fsp3) is 0.211. The van der Waals surface area contributed by atoms with Crippen LogP contribution in [0.3, 0.4) is 0 Å². The van der Waals surface area contributed by atoms with Crippen LogP contribution in [0.2, 0.25) is 0 Å². The molecule has 0 spiro atoms. The smallest absolute Gasteiger partial charge is 0.248 e. The quantitative estimate of drug-likeness (QED) is 0.564. The Labute approximate surface area is 171 Å². The molecule has 3 rings (SSSR count). The first-order valence-electron chi connectivity index (χ1n) is 8.53. The number of anilines is 1. The number of hydrogen-bond acceptors (Lipinski definition) is 8. The summed E-state index contributed by atoms with van der Waals surface area (Å²) in [6.07, 6.45) is 0. The van der Waals surface area contributed by atoms with E-state index in [4.69, 9.17) is 14.7 Å². The maximum Gasteiger partial charge on any atom is 0.248 e. The van der Waals surface area contributed by atoms with E-state index < -0.39 is 0 Å². The van der Waals surface area contributed by atoms with Crippen molar-refractivity contribution in [3.8, 4) is 29.0 Å². The second-order valence-corrected chi connectivity index (χ2v) is 6.72. The van der Waals surface area contributed by atoms with Gasteiger partial charge < -0.3 is 14.8 Å². The number of ether oxygens (including phenoxy) is 2. The Morgan fingerprint density at radius 1 is 1.21 bits per heavy atom. The predicted octanol–water partition coefficient (Wildman–Crippen LogP) is 2.61. The molecule has 1 N–H and O–H groups in total. The first-order chi connectivity index (χ1) is 14.1. The number of nitriles is 1. The molecule has 0 saturated heterocycles. The van der Waals surface area contributed by atoms with Gasteiger partial charge in [-0.25, -0.2) is 0 Å². The zero-order chi connectivity index (χ0) is 20.6. The molecule has 0 saturated carbocycles. The summed E-state index contributed by atoms with van der Waals surface area (Å²) in [5.41, 5.74) is 1.32. The normalized spacial score (nSPS) is 10.2. The number of rotatable bonds is 8. The van der Waals surface area contributed by atoms with Gasteiger partial charge in [-0.05, 0) is 35.5 Å². The number of para-hydroxylation sites is 1. The van der Waals surface area contributed by atoms with Gasteiger partial charge in [0.05, 0.1) is 31.7 Å². The van der Waals surface area contributed by atoms with Crippen LogP contribution in [-0.2, 0) is 11.3 Å². The van der Waals surface area contributed by atoms with Crippen molar-refractivity contribution >= 4 is 23.4 Å². The van der Waals surface area contributed by atoms with Crippen molar-refractivity contribution in [2.24, 2.45) is 0 Å². The largest absolute Gasteiger partial charge is 0.493 e. The highest BCUT2D eigenvalue weighted by molar-refractivity contribution is 7.99. The lowest BCUT2D eigenvalue weighted by Crippen LogP contribution is -2.20.